The number of carbonyl (C=O) groups excluding carboxylic acids is 3. The highest BCUT2D eigenvalue weighted by Gasteiger charge is 2.33. The molecule has 10 heteroatoms. The SMILES string of the molecule is CCc1cccc(C)c1N1C(=O)CSC1=NC(=O)NC(C)Cc1ccc(CC(=O)Cc2ccc(C(F)(F)F)cc2)cc1. The number of Topliss-reactive ketones (excluding diaryl/α,β-unsaturated/α-hetero) is 1. The average molecular weight is 596 g/mol. The Morgan fingerprint density at radius 3 is 2.17 bits per heavy atom. The zero-order chi connectivity index (χ0) is 30.4. The van der Waals surface area contributed by atoms with E-state index in [1.165, 1.54) is 23.9 Å². The minimum absolute atomic E-state index is 0.0520. The van der Waals surface area contributed by atoms with Crippen LogP contribution in [0.1, 0.15) is 47.2 Å². The number of hydrogen-bond acceptors (Lipinski definition) is 4. The van der Waals surface area contributed by atoms with Gasteiger partial charge in [-0.2, -0.15) is 18.2 Å². The Hall–Kier alpha value is -3.92. The van der Waals surface area contributed by atoms with Crippen LogP contribution < -0.4 is 10.2 Å². The minimum Gasteiger partial charge on any atom is -0.333 e. The van der Waals surface area contributed by atoms with Gasteiger partial charge in [0.1, 0.15) is 5.78 Å². The lowest BCUT2D eigenvalue weighted by molar-refractivity contribution is -0.137. The molecule has 3 aromatic carbocycles. The summed E-state index contributed by atoms with van der Waals surface area (Å²) in [5, 5.41) is 3.23. The van der Waals surface area contributed by atoms with Crippen molar-refractivity contribution < 1.29 is 27.6 Å². The second-order valence-corrected chi connectivity index (χ2v) is 11.2. The van der Waals surface area contributed by atoms with Crippen LogP contribution in [0, 0.1) is 6.92 Å². The number of para-hydroxylation sites is 1. The number of nitrogens with zero attached hydrogens (tertiary/aromatic N) is 2. The quantitative estimate of drug-likeness (QED) is 0.298. The Morgan fingerprint density at radius 2 is 1.57 bits per heavy atom. The van der Waals surface area contributed by atoms with Crippen molar-refractivity contribution in [2.24, 2.45) is 4.99 Å². The molecule has 220 valence electrons. The van der Waals surface area contributed by atoms with E-state index in [0.29, 0.717) is 17.2 Å². The number of aliphatic imine (C=N–C) groups is 1. The number of halogens is 3. The van der Waals surface area contributed by atoms with Gasteiger partial charge in [0.2, 0.25) is 5.91 Å². The number of benzene rings is 3. The van der Waals surface area contributed by atoms with Crippen molar-refractivity contribution in [3.05, 3.63) is 100 Å². The molecule has 0 saturated carbocycles. The summed E-state index contributed by atoms with van der Waals surface area (Å²) in [6.45, 7) is 5.82. The molecular weight excluding hydrogens is 563 g/mol. The molecule has 6 nitrogen and oxygen atoms in total. The fourth-order valence-corrected chi connectivity index (χ4v) is 5.70. The maximum atomic E-state index is 12.8. The Morgan fingerprint density at radius 1 is 0.976 bits per heavy atom. The molecule has 3 aromatic rings. The summed E-state index contributed by atoms with van der Waals surface area (Å²) >= 11 is 1.24. The Balaban J connectivity index is 1.31. The first kappa shape index (κ1) is 31.0. The molecule has 1 saturated heterocycles. The molecule has 1 aliphatic heterocycles. The van der Waals surface area contributed by atoms with Gasteiger partial charge in [0.05, 0.1) is 17.0 Å². The van der Waals surface area contributed by atoms with Gasteiger partial charge < -0.3 is 5.32 Å². The van der Waals surface area contributed by atoms with E-state index in [9.17, 15) is 27.6 Å². The third kappa shape index (κ3) is 7.88. The highest BCUT2D eigenvalue weighted by Crippen LogP contribution is 2.33. The predicted octanol–water partition coefficient (Wildman–Crippen LogP) is 6.71. The molecule has 42 heavy (non-hydrogen) atoms. The first-order valence-corrected chi connectivity index (χ1v) is 14.6. The fourth-order valence-electron chi connectivity index (χ4n) is 4.85. The van der Waals surface area contributed by atoms with Crippen LogP contribution in [-0.2, 0) is 41.4 Å². The number of rotatable bonds is 9. The summed E-state index contributed by atoms with van der Waals surface area (Å²) in [4.78, 5) is 43.7. The second kappa shape index (κ2) is 13.4. The van der Waals surface area contributed by atoms with Gasteiger partial charge in [0.25, 0.3) is 0 Å². The number of amides is 3. The van der Waals surface area contributed by atoms with Crippen molar-refractivity contribution >= 4 is 40.3 Å². The monoisotopic (exact) mass is 595 g/mol. The highest BCUT2D eigenvalue weighted by molar-refractivity contribution is 8.15. The van der Waals surface area contributed by atoms with E-state index in [4.69, 9.17) is 0 Å². The van der Waals surface area contributed by atoms with E-state index in [1.54, 1.807) is 4.90 Å². The summed E-state index contributed by atoms with van der Waals surface area (Å²) < 4.78 is 38.2. The van der Waals surface area contributed by atoms with Crippen molar-refractivity contribution in [2.45, 2.75) is 58.7 Å². The summed E-state index contributed by atoms with van der Waals surface area (Å²) in [6, 6.07) is 17.1. The van der Waals surface area contributed by atoms with Gasteiger partial charge in [0, 0.05) is 18.9 Å². The van der Waals surface area contributed by atoms with Gasteiger partial charge in [-0.3, -0.25) is 14.5 Å². The van der Waals surface area contributed by atoms with Crippen LogP contribution in [0.2, 0.25) is 0 Å². The maximum absolute atomic E-state index is 12.8. The number of thioether (sulfide) groups is 1. The van der Waals surface area contributed by atoms with E-state index in [-0.39, 0.29) is 36.3 Å². The summed E-state index contributed by atoms with van der Waals surface area (Å²) in [7, 11) is 0. The van der Waals surface area contributed by atoms with Crippen molar-refractivity contribution in [1.29, 1.82) is 0 Å². The van der Waals surface area contributed by atoms with Gasteiger partial charge in [-0.15, -0.1) is 0 Å². The van der Waals surface area contributed by atoms with E-state index in [2.05, 4.69) is 10.3 Å². The third-order valence-electron chi connectivity index (χ3n) is 6.91. The van der Waals surface area contributed by atoms with Gasteiger partial charge >= 0.3 is 12.2 Å². The fraction of sp³-hybridized carbons (Fsp3) is 0.312. The van der Waals surface area contributed by atoms with Crippen LogP contribution in [0.15, 0.2) is 71.7 Å². The molecule has 1 atom stereocenters. The number of nitrogens with one attached hydrogen (secondary N) is 1. The zero-order valence-corrected chi connectivity index (χ0v) is 24.4. The topological polar surface area (TPSA) is 78.8 Å². The van der Waals surface area contributed by atoms with Gasteiger partial charge in [-0.1, -0.05) is 73.3 Å². The van der Waals surface area contributed by atoms with Crippen LogP contribution in [0.3, 0.4) is 0 Å². The number of amidine groups is 1. The van der Waals surface area contributed by atoms with Crippen molar-refractivity contribution in [3.8, 4) is 0 Å². The van der Waals surface area contributed by atoms with E-state index in [1.807, 2.05) is 63.2 Å². The van der Waals surface area contributed by atoms with Crippen LogP contribution in [0.4, 0.5) is 23.7 Å². The molecule has 0 aliphatic carbocycles. The minimum atomic E-state index is -4.41. The van der Waals surface area contributed by atoms with E-state index < -0.39 is 17.8 Å². The second-order valence-electron chi connectivity index (χ2n) is 10.3. The Bertz CT molecular complexity index is 1490. The number of alkyl halides is 3. The first-order valence-electron chi connectivity index (χ1n) is 13.6. The van der Waals surface area contributed by atoms with Gasteiger partial charge in [-0.25, -0.2) is 4.79 Å². The summed E-state index contributed by atoms with van der Waals surface area (Å²) in [6.07, 6.45) is -2.91. The normalized spacial score (nSPS) is 15.2. The standard InChI is InChI=1S/C32H32F3N3O3S/c1-4-25-7-5-6-20(2)29(25)38-28(40)19-42-31(38)37-30(41)36-21(3)16-22-8-10-23(11-9-22)17-27(39)18-24-12-14-26(15-13-24)32(33,34)35/h5-15,21H,4,16-19H2,1-3H3,(H,36,41). The van der Waals surface area contributed by atoms with Crippen molar-refractivity contribution in [1.82, 2.24) is 5.32 Å². The molecule has 1 unspecified atom stereocenters. The zero-order valence-electron chi connectivity index (χ0n) is 23.6. The lowest BCUT2D eigenvalue weighted by Gasteiger charge is -2.22. The Labute approximate surface area is 247 Å². The molecule has 0 aromatic heterocycles. The highest BCUT2D eigenvalue weighted by atomic mass is 32.2. The number of carbonyl (C=O) groups is 3. The van der Waals surface area contributed by atoms with Crippen LogP contribution in [-0.4, -0.2) is 34.7 Å². The largest absolute Gasteiger partial charge is 0.416 e. The average Bonchev–Trinajstić information content (AvgIpc) is 3.28. The van der Waals surface area contributed by atoms with Crippen molar-refractivity contribution in [3.63, 3.8) is 0 Å². The first-order chi connectivity index (χ1) is 19.9. The molecule has 1 N–H and O–H groups in total. The molecule has 0 bridgehead atoms. The smallest absolute Gasteiger partial charge is 0.333 e. The molecule has 4 rings (SSSR count). The number of ketones is 1. The number of urea groups is 1. The molecule has 1 aliphatic rings. The van der Waals surface area contributed by atoms with Crippen LogP contribution in [0.5, 0.6) is 0 Å². The molecule has 1 fully saturated rings. The van der Waals surface area contributed by atoms with E-state index >= 15 is 0 Å². The third-order valence-corrected chi connectivity index (χ3v) is 7.83. The van der Waals surface area contributed by atoms with Crippen LogP contribution >= 0.6 is 11.8 Å². The predicted molar refractivity (Wildman–Crippen MR) is 160 cm³/mol. The van der Waals surface area contributed by atoms with Gasteiger partial charge in [0.15, 0.2) is 5.17 Å². The number of aryl methyl sites for hydroxylation is 2. The van der Waals surface area contributed by atoms with Crippen LogP contribution in [0.25, 0.3) is 0 Å². The lowest BCUT2D eigenvalue weighted by Crippen LogP contribution is -2.35. The molecule has 0 radical (unpaired) electrons. The molecule has 0 spiro atoms. The Kier molecular flexibility index (Phi) is 9.88. The summed E-state index contributed by atoms with van der Waals surface area (Å²) in [5.74, 6) is 0.0103. The number of hydrogen-bond donors (Lipinski definition) is 1. The van der Waals surface area contributed by atoms with Crippen molar-refractivity contribution in [2.75, 3.05) is 10.7 Å². The summed E-state index contributed by atoms with van der Waals surface area (Å²) in [5.41, 5.74) is 4.28. The maximum Gasteiger partial charge on any atom is 0.416 e. The lowest BCUT2D eigenvalue weighted by atomic mass is 9.99. The number of anilines is 1. The van der Waals surface area contributed by atoms with Gasteiger partial charge in [-0.05, 0) is 66.6 Å². The molecular formula is C32H32F3N3O3S. The molecule has 3 amide bonds. The van der Waals surface area contributed by atoms with E-state index in [0.717, 1.165) is 46.5 Å². The molecule has 1 heterocycles.